The van der Waals surface area contributed by atoms with Gasteiger partial charge in [-0.05, 0) is 73.0 Å². The van der Waals surface area contributed by atoms with Crippen molar-refractivity contribution in [3.8, 4) is 0 Å². The maximum atomic E-state index is 13.9. The van der Waals surface area contributed by atoms with Crippen LogP contribution in [0.1, 0.15) is 30.5 Å². The number of halogens is 2. The smallest absolute Gasteiger partial charge is 0.274 e. The Morgan fingerprint density at radius 3 is 2.46 bits per heavy atom. The summed E-state index contributed by atoms with van der Waals surface area (Å²) in [7, 11) is 3.33. The highest BCUT2D eigenvalue weighted by Gasteiger charge is 2.14. The Hall–Kier alpha value is -4.53. The molecule has 2 aromatic carbocycles. The van der Waals surface area contributed by atoms with Gasteiger partial charge < -0.3 is 19.4 Å². The number of fused-ring (bicyclic) bond motifs is 1. The first-order valence-corrected chi connectivity index (χ1v) is 12.6. The molecule has 202 valence electrons. The van der Waals surface area contributed by atoms with Gasteiger partial charge in [0.25, 0.3) is 5.56 Å². The van der Waals surface area contributed by atoms with E-state index in [9.17, 15) is 23.2 Å². The molecule has 39 heavy (non-hydrogen) atoms. The van der Waals surface area contributed by atoms with E-state index in [1.165, 1.54) is 39.8 Å². The van der Waals surface area contributed by atoms with Crippen LogP contribution in [-0.2, 0) is 22.7 Å². The maximum absolute atomic E-state index is 13.9. The molecular weight excluding hydrogens is 502 g/mol. The Morgan fingerprint density at radius 1 is 0.974 bits per heavy atom. The van der Waals surface area contributed by atoms with Crippen molar-refractivity contribution in [2.45, 2.75) is 32.4 Å². The molecule has 0 saturated carbocycles. The van der Waals surface area contributed by atoms with Crippen molar-refractivity contribution in [1.82, 2.24) is 14.0 Å². The van der Waals surface area contributed by atoms with Gasteiger partial charge in [-0.2, -0.15) is 0 Å². The highest BCUT2D eigenvalue weighted by molar-refractivity contribution is 5.90. The summed E-state index contributed by atoms with van der Waals surface area (Å²) < 4.78 is 30.8. The van der Waals surface area contributed by atoms with E-state index in [4.69, 9.17) is 0 Å². The molecule has 0 radical (unpaired) electrons. The Morgan fingerprint density at radius 2 is 1.72 bits per heavy atom. The van der Waals surface area contributed by atoms with Crippen molar-refractivity contribution >= 4 is 28.4 Å². The van der Waals surface area contributed by atoms with Crippen molar-refractivity contribution in [2.24, 2.45) is 0 Å². The van der Waals surface area contributed by atoms with Crippen molar-refractivity contribution in [3.05, 3.63) is 112 Å². The number of amides is 2. The summed E-state index contributed by atoms with van der Waals surface area (Å²) in [5, 5.41) is 3.37. The van der Waals surface area contributed by atoms with Crippen LogP contribution in [0, 0.1) is 11.6 Å². The number of hydrogen-bond donors (Lipinski definition) is 1. The maximum Gasteiger partial charge on any atom is 0.274 e. The summed E-state index contributed by atoms with van der Waals surface area (Å²) in [6, 6.07) is 15.7. The number of nitrogens with zero attached hydrogens (tertiary/aromatic N) is 3. The topological polar surface area (TPSA) is 76.3 Å². The van der Waals surface area contributed by atoms with E-state index in [-0.39, 0.29) is 47.7 Å². The largest absolute Gasteiger partial charge is 0.345 e. The predicted octanol–water partition coefficient (Wildman–Crippen LogP) is 4.93. The molecule has 0 aliphatic carbocycles. The molecule has 2 aromatic heterocycles. The van der Waals surface area contributed by atoms with Gasteiger partial charge in [0.1, 0.15) is 17.3 Å². The van der Waals surface area contributed by atoms with Gasteiger partial charge in [0.15, 0.2) is 0 Å². The lowest BCUT2D eigenvalue weighted by molar-refractivity contribution is -0.123. The molecule has 9 heteroatoms. The van der Waals surface area contributed by atoms with Crippen molar-refractivity contribution in [2.75, 3.05) is 19.4 Å². The number of likely N-dealkylation sites (N-methyl/N-ethyl adjacent to an activating group) is 1. The van der Waals surface area contributed by atoms with Gasteiger partial charge in [0.05, 0.1) is 6.54 Å². The van der Waals surface area contributed by atoms with Crippen LogP contribution < -0.4 is 10.9 Å². The van der Waals surface area contributed by atoms with Gasteiger partial charge in [0, 0.05) is 49.9 Å². The minimum atomic E-state index is -0.368. The molecule has 0 bridgehead atoms. The van der Waals surface area contributed by atoms with Gasteiger partial charge in [-0.1, -0.05) is 18.2 Å². The number of hydrogen-bond acceptors (Lipinski definition) is 3. The normalized spacial score (nSPS) is 11.3. The monoisotopic (exact) mass is 532 g/mol. The minimum absolute atomic E-state index is 0.119. The first-order valence-electron chi connectivity index (χ1n) is 12.6. The number of pyridine rings is 1. The first-order chi connectivity index (χ1) is 18.7. The lowest BCUT2D eigenvalue weighted by atomic mass is 10.2. The average molecular weight is 533 g/mol. The third-order valence-corrected chi connectivity index (χ3v) is 6.31. The van der Waals surface area contributed by atoms with Crippen LogP contribution in [0.4, 0.5) is 14.5 Å². The van der Waals surface area contributed by atoms with Crippen molar-refractivity contribution in [3.63, 3.8) is 0 Å². The van der Waals surface area contributed by atoms with Gasteiger partial charge >= 0.3 is 0 Å². The fraction of sp³-hybridized carbons (Fsp3) is 0.233. The van der Waals surface area contributed by atoms with Crippen LogP contribution in [0.15, 0.2) is 83.8 Å². The molecular formula is C30H30F2N4O3. The second-order valence-corrected chi connectivity index (χ2v) is 9.48. The summed E-state index contributed by atoms with van der Waals surface area (Å²) >= 11 is 0. The lowest BCUT2D eigenvalue weighted by Crippen LogP contribution is -2.26. The molecule has 1 N–H and O–H groups in total. The van der Waals surface area contributed by atoms with E-state index in [0.717, 1.165) is 16.8 Å². The van der Waals surface area contributed by atoms with Crippen molar-refractivity contribution < 1.29 is 18.4 Å². The van der Waals surface area contributed by atoms with E-state index in [2.05, 4.69) is 5.32 Å². The van der Waals surface area contributed by atoms with Crippen LogP contribution in [0.2, 0.25) is 0 Å². The summed E-state index contributed by atoms with van der Waals surface area (Å²) in [5.41, 5.74) is 2.19. The Bertz CT molecular complexity index is 1570. The number of benzene rings is 2. The van der Waals surface area contributed by atoms with E-state index in [1.54, 1.807) is 56.7 Å². The fourth-order valence-corrected chi connectivity index (χ4v) is 4.25. The van der Waals surface area contributed by atoms with Crippen molar-refractivity contribution in [1.29, 1.82) is 0 Å². The van der Waals surface area contributed by atoms with Crippen LogP contribution in [0.25, 0.3) is 10.9 Å². The molecule has 0 saturated heterocycles. The third-order valence-electron chi connectivity index (χ3n) is 6.31. The highest BCUT2D eigenvalue weighted by atomic mass is 19.1. The Balaban J connectivity index is 1.50. The molecule has 0 unspecified atom stereocenters. The molecule has 2 heterocycles. The molecule has 0 atom stereocenters. The molecule has 2 amide bonds. The molecule has 0 fully saturated rings. The third kappa shape index (κ3) is 7.07. The summed E-state index contributed by atoms with van der Waals surface area (Å²) in [5.74, 6) is -1.11. The lowest BCUT2D eigenvalue weighted by Gasteiger charge is -2.14. The van der Waals surface area contributed by atoms with Crippen LogP contribution in [0.5, 0.6) is 0 Å². The molecule has 0 aliphatic heterocycles. The van der Waals surface area contributed by atoms with E-state index in [0.29, 0.717) is 24.8 Å². The Kier molecular flexibility index (Phi) is 8.70. The van der Waals surface area contributed by atoms with Crippen LogP contribution in [-0.4, -0.2) is 39.9 Å². The van der Waals surface area contributed by atoms with E-state index < -0.39 is 0 Å². The second-order valence-electron chi connectivity index (χ2n) is 9.48. The molecule has 4 rings (SSSR count). The zero-order chi connectivity index (χ0) is 27.9. The Labute approximate surface area is 225 Å². The van der Waals surface area contributed by atoms with Gasteiger partial charge in [-0.3, -0.25) is 14.4 Å². The number of unbranched alkanes of at least 4 members (excludes halogenated alkanes) is 1. The van der Waals surface area contributed by atoms with Gasteiger partial charge in [-0.15, -0.1) is 0 Å². The van der Waals surface area contributed by atoms with E-state index >= 15 is 0 Å². The predicted molar refractivity (Wildman–Crippen MR) is 148 cm³/mol. The average Bonchev–Trinajstić information content (AvgIpc) is 3.22. The molecule has 4 aromatic rings. The second kappa shape index (κ2) is 12.3. The van der Waals surface area contributed by atoms with Gasteiger partial charge in [0.2, 0.25) is 11.8 Å². The summed E-state index contributed by atoms with van der Waals surface area (Å²) in [6.45, 7) is 0.593. The standard InChI is InChI=1S/C30H30F2N4O3/c1-34(2)29(38)9-5-3-4-8-28(37)33-26-7-6-16-35(30(26)39)20-25-18-22-17-24(32)14-15-27(22)36(25)19-21-10-12-23(31)13-11-21/h5-7,9-18H,3-4,8,19-20H2,1-2H3,(H,33,37)/b9-5+. The zero-order valence-electron chi connectivity index (χ0n) is 21.9. The number of aromatic nitrogens is 2. The summed E-state index contributed by atoms with van der Waals surface area (Å²) in [4.78, 5) is 38.7. The van der Waals surface area contributed by atoms with Crippen LogP contribution >= 0.6 is 0 Å². The number of anilines is 1. The zero-order valence-corrected chi connectivity index (χ0v) is 21.9. The number of carbonyl (C=O) groups is 2. The number of nitrogens with one attached hydrogen (secondary N) is 1. The molecule has 7 nitrogen and oxygen atoms in total. The van der Waals surface area contributed by atoms with Crippen LogP contribution in [0.3, 0.4) is 0 Å². The molecule has 0 spiro atoms. The first kappa shape index (κ1) is 27.5. The fourth-order valence-electron chi connectivity index (χ4n) is 4.25. The minimum Gasteiger partial charge on any atom is -0.345 e. The number of carbonyl (C=O) groups excluding carboxylic acids is 2. The van der Waals surface area contributed by atoms with E-state index in [1.807, 2.05) is 10.6 Å². The quantitative estimate of drug-likeness (QED) is 0.232. The van der Waals surface area contributed by atoms with Gasteiger partial charge in [-0.25, -0.2) is 8.78 Å². The number of allylic oxidation sites excluding steroid dienone is 1. The SMILES string of the molecule is CN(C)C(=O)/C=C/CCCC(=O)Nc1cccn(Cc2cc3cc(F)ccc3n2Cc2ccc(F)cc2)c1=O. The highest BCUT2D eigenvalue weighted by Crippen LogP contribution is 2.23. The summed E-state index contributed by atoms with van der Waals surface area (Å²) in [6.07, 6.45) is 6.12. The molecule has 0 aliphatic rings. The number of rotatable bonds is 10.